The second-order valence-corrected chi connectivity index (χ2v) is 9.24. The molecular weight excluding hydrogens is 366 g/mol. The van der Waals surface area contributed by atoms with Gasteiger partial charge < -0.3 is 16.0 Å². The number of rotatable bonds is 10. The predicted molar refractivity (Wildman–Crippen MR) is 127 cm³/mol. The van der Waals surface area contributed by atoms with Gasteiger partial charge in [-0.1, -0.05) is 56.0 Å². The topological polar surface area (TPSA) is 36.1 Å². The van der Waals surface area contributed by atoms with E-state index in [1.807, 2.05) is 0 Å². The van der Waals surface area contributed by atoms with Crippen molar-refractivity contribution < 1.29 is 0 Å². The summed E-state index contributed by atoms with van der Waals surface area (Å²) in [6, 6.07) is 11.1. The molecule has 2 unspecified atom stereocenters. The van der Waals surface area contributed by atoms with Gasteiger partial charge in [-0.3, -0.25) is 0 Å². The van der Waals surface area contributed by atoms with Crippen LogP contribution in [0.2, 0.25) is 0 Å². The van der Waals surface area contributed by atoms with Gasteiger partial charge in [0.1, 0.15) is 0 Å². The highest BCUT2D eigenvalue weighted by molar-refractivity contribution is 5.58. The van der Waals surface area contributed by atoms with Gasteiger partial charge in [-0.25, -0.2) is 0 Å². The fourth-order valence-corrected chi connectivity index (χ4v) is 5.04. The van der Waals surface area contributed by atoms with Crippen LogP contribution in [-0.2, 0) is 6.42 Å². The Morgan fingerprint density at radius 1 is 1.10 bits per heavy atom. The Labute approximate surface area is 182 Å². The minimum absolute atomic E-state index is 0.460. The molecule has 3 heteroatoms. The van der Waals surface area contributed by atoms with E-state index in [0.29, 0.717) is 12.0 Å². The van der Waals surface area contributed by atoms with Gasteiger partial charge in [0.05, 0.1) is 0 Å². The molecule has 1 aromatic rings. The van der Waals surface area contributed by atoms with Crippen molar-refractivity contribution in [3.05, 3.63) is 82.9 Å². The molecule has 0 amide bonds. The van der Waals surface area contributed by atoms with E-state index in [0.717, 1.165) is 49.5 Å². The molecule has 160 valence electrons. The molecule has 0 saturated heterocycles. The van der Waals surface area contributed by atoms with Crippen molar-refractivity contribution in [3.63, 3.8) is 0 Å². The number of nitrogens with one attached hydrogen (secondary N) is 3. The summed E-state index contributed by atoms with van der Waals surface area (Å²) in [4.78, 5) is 0. The third-order valence-electron chi connectivity index (χ3n) is 6.97. The first-order chi connectivity index (χ1) is 14.6. The molecule has 3 N–H and O–H groups in total. The summed E-state index contributed by atoms with van der Waals surface area (Å²) < 4.78 is 0. The second kappa shape index (κ2) is 9.16. The molecule has 1 fully saturated rings. The first-order valence-electron chi connectivity index (χ1n) is 11.6. The van der Waals surface area contributed by atoms with E-state index in [1.165, 1.54) is 41.7 Å². The van der Waals surface area contributed by atoms with Crippen LogP contribution in [0.3, 0.4) is 0 Å². The number of hydrogen-bond acceptors (Lipinski definition) is 3. The Bertz CT molecular complexity index is 857. The Morgan fingerprint density at radius 3 is 2.57 bits per heavy atom. The van der Waals surface area contributed by atoms with Crippen LogP contribution < -0.4 is 16.0 Å². The highest BCUT2D eigenvalue weighted by Crippen LogP contribution is 2.45. The van der Waals surface area contributed by atoms with Crippen molar-refractivity contribution in [2.24, 2.45) is 11.8 Å². The van der Waals surface area contributed by atoms with Crippen LogP contribution in [0.4, 0.5) is 0 Å². The van der Waals surface area contributed by atoms with Gasteiger partial charge in [0.25, 0.3) is 0 Å². The fraction of sp³-hybridized carbons (Fsp3) is 0.481. The Morgan fingerprint density at radius 2 is 1.87 bits per heavy atom. The monoisotopic (exact) mass is 403 g/mol. The number of hydrogen-bond donors (Lipinski definition) is 3. The Balaban J connectivity index is 1.39. The van der Waals surface area contributed by atoms with Gasteiger partial charge in [0.2, 0.25) is 0 Å². The molecule has 3 aliphatic rings. The van der Waals surface area contributed by atoms with Gasteiger partial charge in [-0.05, 0) is 62.0 Å². The normalized spacial score (nSPS) is 23.3. The SMILES string of the molecule is C=C(CCc1ccccc1)NC1CCC2=C(C1)C(C(=C)NCC1CC1)=C(NC)C2C. The molecule has 30 heavy (non-hydrogen) atoms. The van der Waals surface area contributed by atoms with Crippen molar-refractivity contribution in [2.75, 3.05) is 13.6 Å². The van der Waals surface area contributed by atoms with E-state index in [9.17, 15) is 0 Å². The molecule has 0 aromatic heterocycles. The van der Waals surface area contributed by atoms with Crippen LogP contribution in [0, 0.1) is 11.8 Å². The van der Waals surface area contributed by atoms with Gasteiger partial charge in [0.15, 0.2) is 0 Å². The third kappa shape index (κ3) is 4.66. The number of aryl methyl sites for hydroxylation is 1. The van der Waals surface area contributed by atoms with Crippen molar-refractivity contribution in [3.8, 4) is 0 Å². The maximum absolute atomic E-state index is 4.43. The first kappa shape index (κ1) is 20.8. The van der Waals surface area contributed by atoms with E-state index < -0.39 is 0 Å². The molecule has 0 radical (unpaired) electrons. The minimum Gasteiger partial charge on any atom is -0.390 e. The lowest BCUT2D eigenvalue weighted by molar-refractivity contribution is 0.480. The van der Waals surface area contributed by atoms with Gasteiger partial charge >= 0.3 is 0 Å². The molecule has 1 aromatic carbocycles. The summed E-state index contributed by atoms with van der Waals surface area (Å²) >= 11 is 0. The number of benzene rings is 1. The third-order valence-corrected chi connectivity index (χ3v) is 6.97. The van der Waals surface area contributed by atoms with Gasteiger partial charge in [-0.15, -0.1) is 0 Å². The lowest BCUT2D eigenvalue weighted by Gasteiger charge is -2.29. The van der Waals surface area contributed by atoms with Crippen LogP contribution in [0.5, 0.6) is 0 Å². The van der Waals surface area contributed by atoms with Gasteiger partial charge in [-0.2, -0.15) is 0 Å². The van der Waals surface area contributed by atoms with Crippen molar-refractivity contribution in [1.29, 1.82) is 0 Å². The summed E-state index contributed by atoms with van der Waals surface area (Å²) in [7, 11) is 2.06. The molecule has 0 heterocycles. The zero-order valence-corrected chi connectivity index (χ0v) is 18.7. The summed E-state index contributed by atoms with van der Waals surface area (Å²) in [6.07, 6.45) is 8.16. The molecule has 3 nitrogen and oxygen atoms in total. The fourth-order valence-electron chi connectivity index (χ4n) is 5.04. The molecule has 3 aliphatic carbocycles. The van der Waals surface area contributed by atoms with Crippen LogP contribution >= 0.6 is 0 Å². The van der Waals surface area contributed by atoms with Crippen molar-refractivity contribution in [1.82, 2.24) is 16.0 Å². The van der Waals surface area contributed by atoms with E-state index in [4.69, 9.17) is 0 Å². The maximum atomic E-state index is 4.43. The van der Waals surface area contributed by atoms with Crippen LogP contribution in [0.15, 0.2) is 77.3 Å². The zero-order valence-electron chi connectivity index (χ0n) is 18.7. The van der Waals surface area contributed by atoms with E-state index >= 15 is 0 Å². The summed E-state index contributed by atoms with van der Waals surface area (Å²) in [5.41, 5.74) is 9.45. The van der Waals surface area contributed by atoms with Gasteiger partial charge in [0, 0.05) is 48.2 Å². The predicted octanol–water partition coefficient (Wildman–Crippen LogP) is 5.21. The maximum Gasteiger partial charge on any atom is 0.0361 e. The summed E-state index contributed by atoms with van der Waals surface area (Å²) in [5, 5.41) is 10.9. The molecule has 0 spiro atoms. The summed E-state index contributed by atoms with van der Waals surface area (Å²) in [6.45, 7) is 12.2. The summed E-state index contributed by atoms with van der Waals surface area (Å²) in [5.74, 6) is 1.32. The highest BCUT2D eigenvalue weighted by atomic mass is 14.9. The molecular formula is C27H37N3. The van der Waals surface area contributed by atoms with Crippen LogP contribution in [0.1, 0.15) is 51.0 Å². The Kier molecular flexibility index (Phi) is 6.36. The van der Waals surface area contributed by atoms with Crippen LogP contribution in [0.25, 0.3) is 0 Å². The van der Waals surface area contributed by atoms with E-state index in [2.05, 4.69) is 73.4 Å². The quantitative estimate of drug-likeness (QED) is 0.502. The second-order valence-electron chi connectivity index (χ2n) is 9.24. The van der Waals surface area contributed by atoms with Crippen LogP contribution in [-0.4, -0.2) is 19.6 Å². The molecule has 0 bridgehead atoms. The Hall–Kier alpha value is -2.42. The first-order valence-corrected chi connectivity index (χ1v) is 11.6. The number of allylic oxidation sites excluding steroid dienone is 3. The van der Waals surface area contributed by atoms with Crippen molar-refractivity contribution >= 4 is 0 Å². The smallest absolute Gasteiger partial charge is 0.0361 e. The standard InChI is InChI=1S/C27H37N3/c1-18(10-11-21-8-6-5-7-9-21)30-23-14-15-24-19(2)27(28-4)26(25(24)16-23)20(3)29-17-22-12-13-22/h5-9,19,22-23,28-30H,1,3,10-17H2,2,4H3. The van der Waals surface area contributed by atoms with Crippen molar-refractivity contribution in [2.45, 2.75) is 57.9 Å². The molecule has 2 atom stereocenters. The average molecular weight is 404 g/mol. The highest BCUT2D eigenvalue weighted by Gasteiger charge is 2.36. The van der Waals surface area contributed by atoms with E-state index in [1.54, 1.807) is 5.57 Å². The zero-order chi connectivity index (χ0) is 21.1. The molecule has 1 saturated carbocycles. The minimum atomic E-state index is 0.460. The lowest BCUT2D eigenvalue weighted by Crippen LogP contribution is -2.32. The van der Waals surface area contributed by atoms with E-state index in [-0.39, 0.29) is 0 Å². The average Bonchev–Trinajstić information content (AvgIpc) is 3.55. The largest absolute Gasteiger partial charge is 0.390 e. The lowest BCUT2D eigenvalue weighted by atomic mass is 9.84. The molecule has 0 aliphatic heterocycles. The molecule has 4 rings (SSSR count).